The molecule has 0 spiro atoms. The summed E-state index contributed by atoms with van der Waals surface area (Å²) in [5.41, 5.74) is 0. The van der Waals surface area contributed by atoms with Crippen molar-refractivity contribution in [3.05, 3.63) is 0 Å². The number of rotatable bonds is 2. The fourth-order valence-corrected chi connectivity index (χ4v) is 2.62. The zero-order valence-electron chi connectivity index (χ0n) is 10.2. The van der Waals surface area contributed by atoms with Crippen LogP contribution in [0.3, 0.4) is 0 Å². The summed E-state index contributed by atoms with van der Waals surface area (Å²) in [4.78, 5) is 15.1. The first kappa shape index (κ1) is 13.6. The van der Waals surface area contributed by atoms with Crippen molar-refractivity contribution < 1.29 is 18.0 Å². The van der Waals surface area contributed by atoms with Crippen molar-refractivity contribution in [3.8, 4) is 0 Å². The quantitative estimate of drug-likeness (QED) is 0.787. The second-order valence-electron chi connectivity index (χ2n) is 4.82. The second-order valence-corrected chi connectivity index (χ2v) is 4.82. The van der Waals surface area contributed by atoms with Crippen molar-refractivity contribution in [1.29, 1.82) is 0 Å². The minimum atomic E-state index is -4.23. The molecule has 0 radical (unpaired) electrons. The fourth-order valence-electron chi connectivity index (χ4n) is 2.62. The van der Waals surface area contributed by atoms with Crippen molar-refractivity contribution in [2.75, 3.05) is 39.3 Å². The highest BCUT2D eigenvalue weighted by atomic mass is 19.4. The number of carbonyl (C=O) groups excluding carboxylic acids is 1. The lowest BCUT2D eigenvalue weighted by atomic mass is 10.1. The first-order chi connectivity index (χ1) is 8.47. The molecule has 0 saturated carbocycles. The van der Waals surface area contributed by atoms with E-state index in [1.165, 1.54) is 4.90 Å². The van der Waals surface area contributed by atoms with E-state index in [0.717, 1.165) is 13.1 Å². The van der Waals surface area contributed by atoms with Crippen LogP contribution in [0.15, 0.2) is 0 Å². The molecule has 1 atom stereocenters. The summed E-state index contributed by atoms with van der Waals surface area (Å²) in [5, 5.41) is 3.12. The van der Waals surface area contributed by atoms with E-state index in [1.807, 2.05) is 0 Å². The van der Waals surface area contributed by atoms with E-state index < -0.39 is 18.8 Å². The first-order valence-electron chi connectivity index (χ1n) is 6.28. The van der Waals surface area contributed by atoms with E-state index in [1.54, 1.807) is 4.90 Å². The number of likely N-dealkylation sites (tertiary alicyclic amines) is 1. The van der Waals surface area contributed by atoms with E-state index in [-0.39, 0.29) is 5.91 Å². The third-order valence-electron chi connectivity index (χ3n) is 3.46. The molecular formula is C11H18F3N3O. The summed E-state index contributed by atoms with van der Waals surface area (Å²) in [6.45, 7) is 2.01. The van der Waals surface area contributed by atoms with Crippen LogP contribution in [0.1, 0.15) is 12.8 Å². The van der Waals surface area contributed by atoms with Crippen molar-refractivity contribution in [2.24, 2.45) is 0 Å². The molecule has 2 fully saturated rings. The van der Waals surface area contributed by atoms with Gasteiger partial charge in [0, 0.05) is 26.2 Å². The predicted molar refractivity (Wildman–Crippen MR) is 60.1 cm³/mol. The lowest BCUT2D eigenvalue weighted by molar-refractivity contribution is -0.155. The van der Waals surface area contributed by atoms with Crippen molar-refractivity contribution in [3.63, 3.8) is 0 Å². The molecular weight excluding hydrogens is 247 g/mol. The number of piperazine rings is 1. The molecule has 4 nitrogen and oxygen atoms in total. The number of carbonyl (C=O) groups is 1. The van der Waals surface area contributed by atoms with Crippen LogP contribution in [-0.4, -0.2) is 67.2 Å². The maximum Gasteiger partial charge on any atom is 0.401 e. The minimum absolute atomic E-state index is 0.141. The van der Waals surface area contributed by atoms with Gasteiger partial charge in [-0.1, -0.05) is 0 Å². The standard InChI is InChI=1S/C11H18F3N3O/c12-11(13,14)8-17-5-1-2-9(17)10(18)16-6-3-15-4-7-16/h9,15H,1-8H2. The summed E-state index contributed by atoms with van der Waals surface area (Å²) in [6.07, 6.45) is -3.02. The Morgan fingerprint density at radius 2 is 1.89 bits per heavy atom. The van der Waals surface area contributed by atoms with Gasteiger partial charge in [0.25, 0.3) is 0 Å². The topological polar surface area (TPSA) is 35.6 Å². The Morgan fingerprint density at radius 1 is 1.22 bits per heavy atom. The van der Waals surface area contributed by atoms with Gasteiger partial charge in [-0.3, -0.25) is 9.69 Å². The highest BCUT2D eigenvalue weighted by molar-refractivity contribution is 5.82. The van der Waals surface area contributed by atoms with Crippen LogP contribution in [0.2, 0.25) is 0 Å². The summed E-state index contributed by atoms with van der Waals surface area (Å²) in [5.74, 6) is -0.141. The van der Waals surface area contributed by atoms with Gasteiger partial charge < -0.3 is 10.2 Å². The van der Waals surface area contributed by atoms with Gasteiger partial charge >= 0.3 is 6.18 Å². The van der Waals surface area contributed by atoms with E-state index >= 15 is 0 Å². The molecule has 0 aromatic carbocycles. The van der Waals surface area contributed by atoms with Gasteiger partial charge in [0.05, 0.1) is 12.6 Å². The molecule has 0 aliphatic carbocycles. The van der Waals surface area contributed by atoms with Crippen molar-refractivity contribution in [1.82, 2.24) is 15.1 Å². The van der Waals surface area contributed by atoms with Crippen molar-refractivity contribution >= 4 is 5.91 Å². The molecule has 18 heavy (non-hydrogen) atoms. The molecule has 0 aromatic heterocycles. The zero-order chi connectivity index (χ0) is 13.2. The summed E-state index contributed by atoms with van der Waals surface area (Å²) in [6, 6.07) is -0.579. The fraction of sp³-hybridized carbons (Fsp3) is 0.909. The highest BCUT2D eigenvalue weighted by Crippen LogP contribution is 2.25. The molecule has 1 N–H and O–H groups in total. The van der Waals surface area contributed by atoms with Crippen LogP contribution in [0.4, 0.5) is 13.2 Å². The Hall–Kier alpha value is -0.820. The van der Waals surface area contributed by atoms with Crippen LogP contribution < -0.4 is 5.32 Å². The minimum Gasteiger partial charge on any atom is -0.339 e. The van der Waals surface area contributed by atoms with Crippen LogP contribution in [0.5, 0.6) is 0 Å². The smallest absolute Gasteiger partial charge is 0.339 e. The van der Waals surface area contributed by atoms with Gasteiger partial charge in [-0.2, -0.15) is 13.2 Å². The van der Waals surface area contributed by atoms with Crippen LogP contribution in [0.25, 0.3) is 0 Å². The van der Waals surface area contributed by atoms with Gasteiger partial charge in [0.1, 0.15) is 0 Å². The van der Waals surface area contributed by atoms with E-state index in [4.69, 9.17) is 0 Å². The number of hydrogen-bond donors (Lipinski definition) is 1. The van der Waals surface area contributed by atoms with Crippen LogP contribution >= 0.6 is 0 Å². The van der Waals surface area contributed by atoms with Crippen molar-refractivity contribution in [2.45, 2.75) is 25.1 Å². The molecule has 7 heteroatoms. The Bertz CT molecular complexity index is 302. The number of alkyl halides is 3. The number of halogens is 3. The number of nitrogens with one attached hydrogen (secondary N) is 1. The van der Waals surface area contributed by atoms with Crippen LogP contribution in [-0.2, 0) is 4.79 Å². The zero-order valence-corrected chi connectivity index (χ0v) is 10.2. The Morgan fingerprint density at radius 3 is 2.50 bits per heavy atom. The summed E-state index contributed by atoms with van der Waals surface area (Å²) >= 11 is 0. The second kappa shape index (κ2) is 5.44. The summed E-state index contributed by atoms with van der Waals surface area (Å²) in [7, 11) is 0. The molecule has 2 rings (SSSR count). The highest BCUT2D eigenvalue weighted by Gasteiger charge is 2.40. The molecule has 2 aliphatic rings. The monoisotopic (exact) mass is 265 g/mol. The average molecular weight is 265 g/mol. The number of hydrogen-bond acceptors (Lipinski definition) is 3. The summed E-state index contributed by atoms with van der Waals surface area (Å²) < 4.78 is 37.2. The predicted octanol–water partition coefficient (Wildman–Crippen LogP) is 0.445. The Kier molecular flexibility index (Phi) is 4.11. The van der Waals surface area contributed by atoms with Gasteiger partial charge in [0.15, 0.2) is 0 Å². The van der Waals surface area contributed by atoms with Gasteiger partial charge in [-0.15, -0.1) is 0 Å². The van der Waals surface area contributed by atoms with E-state index in [2.05, 4.69) is 5.32 Å². The van der Waals surface area contributed by atoms with Gasteiger partial charge in [-0.05, 0) is 19.4 Å². The maximum atomic E-state index is 12.4. The maximum absolute atomic E-state index is 12.4. The molecule has 0 bridgehead atoms. The van der Waals surface area contributed by atoms with Crippen LogP contribution in [0, 0.1) is 0 Å². The molecule has 2 heterocycles. The SMILES string of the molecule is O=C(C1CCCN1CC(F)(F)F)N1CCNCC1. The Balaban J connectivity index is 1.95. The lowest BCUT2D eigenvalue weighted by Gasteiger charge is -2.33. The molecule has 104 valence electrons. The van der Waals surface area contributed by atoms with Gasteiger partial charge in [-0.25, -0.2) is 0 Å². The third kappa shape index (κ3) is 3.35. The lowest BCUT2D eigenvalue weighted by Crippen LogP contribution is -2.53. The molecule has 2 saturated heterocycles. The van der Waals surface area contributed by atoms with E-state index in [0.29, 0.717) is 32.5 Å². The van der Waals surface area contributed by atoms with Gasteiger partial charge in [0.2, 0.25) is 5.91 Å². The first-order valence-corrected chi connectivity index (χ1v) is 6.28. The molecule has 2 aliphatic heterocycles. The third-order valence-corrected chi connectivity index (χ3v) is 3.46. The normalized spacial score (nSPS) is 26.6. The van der Waals surface area contributed by atoms with E-state index in [9.17, 15) is 18.0 Å². The largest absolute Gasteiger partial charge is 0.401 e. The molecule has 1 unspecified atom stereocenters. The Labute approximate surface area is 104 Å². The molecule has 0 aromatic rings. The molecule has 1 amide bonds. The average Bonchev–Trinajstić information content (AvgIpc) is 2.75. The number of amides is 1. The number of nitrogens with zero attached hydrogens (tertiary/aromatic N) is 2.